The van der Waals surface area contributed by atoms with Gasteiger partial charge in [-0.15, -0.1) is 0 Å². The third-order valence-corrected chi connectivity index (χ3v) is 4.62. The van der Waals surface area contributed by atoms with Gasteiger partial charge in [0.05, 0.1) is 23.0 Å². The van der Waals surface area contributed by atoms with Crippen LogP contribution in [0.3, 0.4) is 0 Å². The summed E-state index contributed by atoms with van der Waals surface area (Å²) in [6.45, 7) is 2.44. The highest BCUT2D eigenvalue weighted by Crippen LogP contribution is 2.12. The molecule has 2 aromatic heterocycles. The number of rotatable bonds is 5. The lowest BCUT2D eigenvalue weighted by molar-refractivity contribution is 0.0489. The molecule has 6 nitrogen and oxygen atoms in total. The van der Waals surface area contributed by atoms with Crippen LogP contribution in [-0.4, -0.2) is 27.1 Å². The molecule has 2 aromatic carbocycles. The third-order valence-electron chi connectivity index (χ3n) is 4.62. The SMILES string of the molecule is Cc1nc2ccccc2c(=O)n1CCCOC(=O)c1ccc2ccccc2n1. The average molecular weight is 373 g/mol. The van der Waals surface area contributed by atoms with Crippen molar-refractivity contribution in [1.29, 1.82) is 0 Å². The number of fused-ring (bicyclic) bond motifs is 2. The number of pyridine rings is 1. The molecule has 0 saturated heterocycles. The Balaban J connectivity index is 1.41. The minimum absolute atomic E-state index is 0.0781. The Hall–Kier alpha value is -3.54. The molecule has 4 rings (SSSR count). The molecule has 6 heteroatoms. The van der Waals surface area contributed by atoms with E-state index in [1.165, 1.54) is 0 Å². The summed E-state index contributed by atoms with van der Waals surface area (Å²) in [4.78, 5) is 33.7. The minimum Gasteiger partial charge on any atom is -0.461 e. The molecule has 0 aliphatic carbocycles. The molecule has 0 amide bonds. The van der Waals surface area contributed by atoms with E-state index in [2.05, 4.69) is 9.97 Å². The van der Waals surface area contributed by atoms with Crippen molar-refractivity contribution in [2.75, 3.05) is 6.61 Å². The summed E-state index contributed by atoms with van der Waals surface area (Å²) < 4.78 is 6.94. The lowest BCUT2D eigenvalue weighted by Crippen LogP contribution is -2.24. The summed E-state index contributed by atoms with van der Waals surface area (Å²) >= 11 is 0. The van der Waals surface area contributed by atoms with Crippen molar-refractivity contribution in [2.45, 2.75) is 19.9 Å². The van der Waals surface area contributed by atoms with Gasteiger partial charge in [-0.1, -0.05) is 36.4 Å². The second-order valence-electron chi connectivity index (χ2n) is 6.51. The van der Waals surface area contributed by atoms with Gasteiger partial charge in [0, 0.05) is 11.9 Å². The van der Waals surface area contributed by atoms with Gasteiger partial charge in [0.25, 0.3) is 5.56 Å². The molecule has 0 aliphatic heterocycles. The monoisotopic (exact) mass is 373 g/mol. The standard InChI is InChI=1S/C22H19N3O3/c1-15-23-19-10-5-3-8-17(19)21(26)25(15)13-6-14-28-22(27)20-12-11-16-7-2-4-9-18(16)24-20/h2-5,7-12H,6,13-14H2,1H3. The normalized spacial score (nSPS) is 11.0. The summed E-state index contributed by atoms with van der Waals surface area (Å²) in [6, 6.07) is 18.4. The molecule has 0 atom stereocenters. The number of esters is 1. The van der Waals surface area contributed by atoms with Gasteiger partial charge in [0.1, 0.15) is 11.5 Å². The van der Waals surface area contributed by atoms with Crippen LogP contribution in [0.25, 0.3) is 21.8 Å². The van der Waals surface area contributed by atoms with Gasteiger partial charge < -0.3 is 4.74 Å². The Morgan fingerprint density at radius 3 is 2.57 bits per heavy atom. The van der Waals surface area contributed by atoms with Crippen LogP contribution in [0.1, 0.15) is 22.7 Å². The van der Waals surface area contributed by atoms with E-state index in [-0.39, 0.29) is 17.9 Å². The maximum absolute atomic E-state index is 12.6. The van der Waals surface area contributed by atoms with Gasteiger partial charge in [-0.25, -0.2) is 14.8 Å². The quantitative estimate of drug-likeness (QED) is 0.395. The number of para-hydroxylation sites is 2. The highest BCUT2D eigenvalue weighted by Gasteiger charge is 2.11. The summed E-state index contributed by atoms with van der Waals surface area (Å²) in [7, 11) is 0. The molecule has 2 heterocycles. The van der Waals surface area contributed by atoms with Gasteiger partial charge in [-0.3, -0.25) is 9.36 Å². The van der Waals surface area contributed by atoms with Crippen molar-refractivity contribution in [1.82, 2.24) is 14.5 Å². The summed E-state index contributed by atoms with van der Waals surface area (Å²) in [5.74, 6) is 0.178. The number of carbonyl (C=O) groups is 1. The number of carbonyl (C=O) groups excluding carboxylic acids is 1. The van der Waals surface area contributed by atoms with Crippen LogP contribution in [0.4, 0.5) is 0 Å². The Morgan fingerprint density at radius 1 is 0.964 bits per heavy atom. The number of aromatic nitrogens is 3. The first-order valence-electron chi connectivity index (χ1n) is 9.12. The van der Waals surface area contributed by atoms with Crippen molar-refractivity contribution in [3.63, 3.8) is 0 Å². The van der Waals surface area contributed by atoms with Gasteiger partial charge >= 0.3 is 5.97 Å². The Labute approximate surface area is 161 Å². The van der Waals surface area contributed by atoms with Crippen LogP contribution >= 0.6 is 0 Å². The second kappa shape index (κ2) is 7.60. The molecule has 0 N–H and O–H groups in total. The van der Waals surface area contributed by atoms with Crippen molar-refractivity contribution < 1.29 is 9.53 Å². The molecule has 0 spiro atoms. The Morgan fingerprint density at radius 2 is 1.71 bits per heavy atom. The molecule has 0 radical (unpaired) electrons. The summed E-state index contributed by atoms with van der Waals surface area (Å²) in [5, 5.41) is 1.56. The fourth-order valence-corrected chi connectivity index (χ4v) is 3.18. The highest BCUT2D eigenvalue weighted by molar-refractivity contribution is 5.91. The average Bonchev–Trinajstić information content (AvgIpc) is 2.72. The molecule has 4 aromatic rings. The van der Waals surface area contributed by atoms with Crippen LogP contribution in [-0.2, 0) is 11.3 Å². The zero-order valence-electron chi connectivity index (χ0n) is 15.5. The van der Waals surface area contributed by atoms with Crippen LogP contribution < -0.4 is 5.56 Å². The number of hydrogen-bond acceptors (Lipinski definition) is 5. The van der Waals surface area contributed by atoms with E-state index in [0.717, 1.165) is 10.9 Å². The highest BCUT2D eigenvalue weighted by atomic mass is 16.5. The fourth-order valence-electron chi connectivity index (χ4n) is 3.18. The molecular formula is C22H19N3O3. The lowest BCUT2D eigenvalue weighted by atomic mass is 10.2. The number of nitrogens with zero attached hydrogens (tertiary/aromatic N) is 3. The molecule has 0 saturated carbocycles. The van der Waals surface area contributed by atoms with Gasteiger partial charge in [0.15, 0.2) is 0 Å². The molecule has 0 fully saturated rings. The van der Waals surface area contributed by atoms with Crippen LogP contribution in [0.5, 0.6) is 0 Å². The first kappa shape index (κ1) is 17.9. The first-order valence-corrected chi connectivity index (χ1v) is 9.12. The predicted molar refractivity (Wildman–Crippen MR) is 107 cm³/mol. The minimum atomic E-state index is -0.466. The second-order valence-corrected chi connectivity index (χ2v) is 6.51. The zero-order valence-corrected chi connectivity index (χ0v) is 15.5. The first-order chi connectivity index (χ1) is 13.6. The molecule has 0 bridgehead atoms. The van der Waals surface area contributed by atoms with Crippen molar-refractivity contribution in [3.05, 3.63) is 82.5 Å². The van der Waals surface area contributed by atoms with Crippen LogP contribution in [0.15, 0.2) is 65.5 Å². The molecule has 0 aliphatic rings. The van der Waals surface area contributed by atoms with Crippen molar-refractivity contribution in [2.24, 2.45) is 0 Å². The lowest BCUT2D eigenvalue weighted by Gasteiger charge is -2.11. The van der Waals surface area contributed by atoms with Gasteiger partial charge in [-0.2, -0.15) is 0 Å². The third kappa shape index (κ3) is 3.49. The Bertz CT molecular complexity index is 1230. The van der Waals surface area contributed by atoms with E-state index >= 15 is 0 Å². The maximum Gasteiger partial charge on any atom is 0.356 e. The van der Waals surface area contributed by atoms with Crippen molar-refractivity contribution >= 4 is 27.8 Å². The molecular weight excluding hydrogens is 354 g/mol. The van der Waals surface area contributed by atoms with E-state index in [1.807, 2.05) is 48.5 Å². The number of hydrogen-bond donors (Lipinski definition) is 0. The predicted octanol–water partition coefficient (Wildman–Crippen LogP) is 3.50. The summed E-state index contributed by atoms with van der Waals surface area (Å²) in [6.07, 6.45) is 0.514. The topological polar surface area (TPSA) is 74.1 Å². The van der Waals surface area contributed by atoms with Gasteiger partial charge in [0.2, 0.25) is 0 Å². The number of benzene rings is 2. The smallest absolute Gasteiger partial charge is 0.356 e. The van der Waals surface area contributed by atoms with E-state index < -0.39 is 5.97 Å². The van der Waals surface area contributed by atoms with E-state index in [4.69, 9.17) is 4.74 Å². The van der Waals surface area contributed by atoms with E-state index in [9.17, 15) is 9.59 Å². The van der Waals surface area contributed by atoms with E-state index in [1.54, 1.807) is 23.6 Å². The largest absolute Gasteiger partial charge is 0.461 e. The molecule has 28 heavy (non-hydrogen) atoms. The number of aryl methyl sites for hydroxylation is 1. The summed E-state index contributed by atoms with van der Waals surface area (Å²) in [5.41, 5.74) is 1.64. The molecule has 140 valence electrons. The fraction of sp³-hybridized carbons (Fsp3) is 0.182. The van der Waals surface area contributed by atoms with E-state index in [0.29, 0.717) is 29.7 Å². The van der Waals surface area contributed by atoms with Crippen LogP contribution in [0, 0.1) is 6.92 Å². The maximum atomic E-state index is 12.6. The Kier molecular flexibility index (Phi) is 4.85. The van der Waals surface area contributed by atoms with Crippen LogP contribution in [0.2, 0.25) is 0 Å². The zero-order chi connectivity index (χ0) is 19.5. The molecule has 0 unspecified atom stereocenters. The van der Waals surface area contributed by atoms with Crippen molar-refractivity contribution in [3.8, 4) is 0 Å². The van der Waals surface area contributed by atoms with Gasteiger partial charge in [-0.05, 0) is 37.6 Å². The number of ether oxygens (including phenoxy) is 1.